The summed E-state index contributed by atoms with van der Waals surface area (Å²) in [4.78, 5) is 0. The van der Waals surface area contributed by atoms with Crippen molar-refractivity contribution >= 4 is 31.7 Å². The molecule has 0 heterocycles. The minimum Gasteiger partial charge on any atom is -0.0693 e. The fourth-order valence-corrected chi connectivity index (χ4v) is 15.2. The quantitative estimate of drug-likeness (QED) is 0.452. The van der Waals surface area contributed by atoms with Crippen molar-refractivity contribution in [2.75, 3.05) is 0 Å². The zero-order chi connectivity index (χ0) is 18.2. The lowest BCUT2D eigenvalue weighted by Crippen LogP contribution is -2.68. The van der Waals surface area contributed by atoms with Gasteiger partial charge in [-0.15, -0.1) is 0 Å². The molecule has 4 rings (SSSR count). The molecule has 1 saturated carbocycles. The fourth-order valence-electron chi connectivity index (χ4n) is 4.88. The normalized spacial score (nSPS) is 20.0. The Morgan fingerprint density at radius 2 is 0.885 bits per heavy atom. The van der Waals surface area contributed by atoms with Gasteiger partial charge in [-0.2, -0.15) is 0 Å². The Balaban J connectivity index is 1.99. The molecule has 2 atom stereocenters. The molecule has 3 aromatic carbocycles. The molecule has 1 aliphatic carbocycles. The Bertz CT molecular complexity index is 754. The lowest BCUT2D eigenvalue weighted by molar-refractivity contribution is 1.30. The first-order valence-electron chi connectivity index (χ1n) is 9.71. The van der Waals surface area contributed by atoms with E-state index in [4.69, 9.17) is 0 Å². The van der Waals surface area contributed by atoms with Crippen LogP contribution in [0.5, 0.6) is 0 Å². The second-order valence-corrected chi connectivity index (χ2v) is 18.3. The van der Waals surface area contributed by atoms with E-state index in [1.165, 1.54) is 6.42 Å². The Morgan fingerprint density at radius 1 is 0.538 bits per heavy atom. The summed E-state index contributed by atoms with van der Waals surface area (Å²) in [6.07, 6.45) is 1.40. The van der Waals surface area contributed by atoms with Gasteiger partial charge in [-0.25, -0.2) is 0 Å². The first kappa shape index (κ1) is 17.5. The maximum absolute atomic E-state index is 2.55. The van der Waals surface area contributed by atoms with Crippen LogP contribution in [0.3, 0.4) is 0 Å². The first-order chi connectivity index (χ1) is 12.5. The van der Waals surface area contributed by atoms with Crippen LogP contribution in [0.4, 0.5) is 0 Å². The molecular formula is C24H28Si2. The van der Waals surface area contributed by atoms with Gasteiger partial charge in [0.1, 0.15) is 0 Å². The molecule has 0 nitrogen and oxygen atoms in total. The second kappa shape index (κ2) is 6.68. The zero-order valence-corrected chi connectivity index (χ0v) is 18.0. The smallest absolute Gasteiger partial charge is 0.0693 e. The lowest BCUT2D eigenvalue weighted by Gasteiger charge is -2.36. The number of benzene rings is 3. The summed E-state index contributed by atoms with van der Waals surface area (Å²) in [6.45, 7) is 7.66. The van der Waals surface area contributed by atoms with E-state index in [0.717, 1.165) is 11.1 Å². The SMILES string of the molecule is C[Si](C)(C)[C@H]1C[C@@H]1[Si](c1ccccc1)(c1ccccc1)c1ccccc1. The van der Waals surface area contributed by atoms with E-state index in [-0.39, 0.29) is 0 Å². The molecule has 1 fully saturated rings. The Kier molecular flexibility index (Phi) is 4.49. The van der Waals surface area contributed by atoms with Crippen molar-refractivity contribution in [3.63, 3.8) is 0 Å². The van der Waals surface area contributed by atoms with Crippen LogP contribution in [0, 0.1) is 0 Å². The number of hydrogen-bond donors (Lipinski definition) is 0. The summed E-state index contributed by atoms with van der Waals surface area (Å²) < 4.78 is 0. The van der Waals surface area contributed by atoms with Crippen molar-refractivity contribution in [2.45, 2.75) is 37.1 Å². The van der Waals surface area contributed by atoms with Crippen molar-refractivity contribution < 1.29 is 0 Å². The summed E-state index contributed by atoms with van der Waals surface area (Å²) in [7, 11) is -3.19. The molecule has 132 valence electrons. The van der Waals surface area contributed by atoms with E-state index >= 15 is 0 Å². The van der Waals surface area contributed by atoms with Crippen molar-refractivity contribution in [3.8, 4) is 0 Å². The molecule has 0 spiro atoms. The van der Waals surface area contributed by atoms with Crippen molar-refractivity contribution in [1.29, 1.82) is 0 Å². The van der Waals surface area contributed by atoms with Crippen molar-refractivity contribution in [2.24, 2.45) is 0 Å². The molecule has 0 radical (unpaired) electrons. The van der Waals surface area contributed by atoms with E-state index in [0.29, 0.717) is 0 Å². The Labute approximate surface area is 159 Å². The van der Waals surface area contributed by atoms with Crippen LogP contribution < -0.4 is 15.6 Å². The molecule has 0 N–H and O–H groups in total. The highest BCUT2D eigenvalue weighted by Crippen LogP contribution is 2.61. The van der Waals surface area contributed by atoms with E-state index in [2.05, 4.69) is 111 Å². The van der Waals surface area contributed by atoms with Gasteiger partial charge in [0.25, 0.3) is 0 Å². The van der Waals surface area contributed by atoms with Crippen LogP contribution >= 0.6 is 0 Å². The summed E-state index contributed by atoms with van der Waals surface area (Å²) >= 11 is 0. The zero-order valence-electron chi connectivity index (χ0n) is 16.0. The molecule has 2 heteroatoms. The molecule has 0 aliphatic heterocycles. The first-order valence-corrected chi connectivity index (χ1v) is 15.4. The van der Waals surface area contributed by atoms with Crippen molar-refractivity contribution in [1.82, 2.24) is 0 Å². The average molecular weight is 373 g/mol. The van der Waals surface area contributed by atoms with Gasteiger partial charge in [0.05, 0.1) is 0 Å². The van der Waals surface area contributed by atoms with Crippen LogP contribution in [0.2, 0.25) is 30.7 Å². The minimum atomic E-state index is -2.03. The van der Waals surface area contributed by atoms with Crippen LogP contribution in [-0.4, -0.2) is 16.1 Å². The van der Waals surface area contributed by atoms with Gasteiger partial charge in [0, 0.05) is 8.07 Å². The molecule has 0 amide bonds. The van der Waals surface area contributed by atoms with Crippen LogP contribution in [-0.2, 0) is 0 Å². The highest BCUT2D eigenvalue weighted by Gasteiger charge is 2.60. The third kappa shape index (κ3) is 2.91. The minimum absolute atomic E-state index is 0.821. The van der Waals surface area contributed by atoms with Gasteiger partial charge in [-0.05, 0) is 26.6 Å². The summed E-state index contributed by atoms with van der Waals surface area (Å²) in [5, 5.41) is 4.72. The van der Waals surface area contributed by atoms with Gasteiger partial charge in [-0.1, -0.05) is 117 Å². The molecule has 0 bridgehead atoms. The number of rotatable bonds is 5. The third-order valence-electron chi connectivity index (χ3n) is 6.15. The molecular weight excluding hydrogens is 344 g/mol. The van der Waals surface area contributed by atoms with Crippen LogP contribution in [0.1, 0.15) is 6.42 Å². The molecule has 0 aromatic heterocycles. The summed E-state index contributed by atoms with van der Waals surface area (Å²) in [5.74, 6) is 0. The molecule has 0 saturated heterocycles. The highest BCUT2D eigenvalue weighted by molar-refractivity contribution is 7.13. The standard InChI is InChI=1S/C24H28Si2/c1-25(2,3)23-19-24(23)26(20-13-7-4-8-14-20,21-15-9-5-10-16-21)22-17-11-6-12-18-22/h4-18,23-24H,19H2,1-3H3/t23-,24-/m0/s1. The molecule has 3 aromatic rings. The van der Waals surface area contributed by atoms with Gasteiger partial charge in [0.2, 0.25) is 0 Å². The maximum atomic E-state index is 2.55. The molecule has 0 unspecified atom stereocenters. The monoisotopic (exact) mass is 372 g/mol. The van der Waals surface area contributed by atoms with Gasteiger partial charge in [0.15, 0.2) is 8.07 Å². The average Bonchev–Trinajstić information content (AvgIpc) is 3.47. The molecule has 26 heavy (non-hydrogen) atoms. The summed E-state index contributed by atoms with van der Waals surface area (Å²) in [5.41, 5.74) is 1.75. The van der Waals surface area contributed by atoms with E-state index in [9.17, 15) is 0 Å². The highest BCUT2D eigenvalue weighted by atomic mass is 28.3. The van der Waals surface area contributed by atoms with Crippen molar-refractivity contribution in [3.05, 3.63) is 91.0 Å². The Hall–Kier alpha value is -1.91. The lowest BCUT2D eigenvalue weighted by atomic mass is 10.3. The van der Waals surface area contributed by atoms with Crippen LogP contribution in [0.15, 0.2) is 91.0 Å². The second-order valence-electron chi connectivity index (χ2n) is 8.72. The fraction of sp³-hybridized carbons (Fsp3) is 0.250. The molecule has 1 aliphatic rings. The predicted molar refractivity (Wildman–Crippen MR) is 119 cm³/mol. The third-order valence-corrected chi connectivity index (χ3v) is 14.8. The topological polar surface area (TPSA) is 0 Å². The van der Waals surface area contributed by atoms with E-state index < -0.39 is 16.1 Å². The maximum Gasteiger partial charge on any atom is 0.151 e. The van der Waals surface area contributed by atoms with Gasteiger partial charge in [-0.3, -0.25) is 0 Å². The number of hydrogen-bond acceptors (Lipinski definition) is 0. The van der Waals surface area contributed by atoms with Gasteiger partial charge < -0.3 is 0 Å². The Morgan fingerprint density at radius 3 is 1.15 bits per heavy atom. The van der Waals surface area contributed by atoms with Crippen LogP contribution in [0.25, 0.3) is 0 Å². The largest absolute Gasteiger partial charge is 0.151 e. The summed E-state index contributed by atoms with van der Waals surface area (Å²) in [6, 6.07) is 34.2. The van der Waals surface area contributed by atoms with E-state index in [1.54, 1.807) is 15.6 Å². The van der Waals surface area contributed by atoms with Gasteiger partial charge >= 0.3 is 0 Å². The van der Waals surface area contributed by atoms with E-state index in [1.807, 2.05) is 0 Å². The predicted octanol–water partition coefficient (Wildman–Crippen LogP) is 4.64.